The molecule has 2 heterocycles. The van der Waals surface area contributed by atoms with E-state index in [1.165, 1.54) is 4.57 Å². The van der Waals surface area contributed by atoms with E-state index in [1.54, 1.807) is 54.7 Å². The molecule has 0 amide bonds. The van der Waals surface area contributed by atoms with Crippen LogP contribution in [-0.4, -0.2) is 36.0 Å². The van der Waals surface area contributed by atoms with Crippen molar-refractivity contribution in [2.45, 2.75) is 40.3 Å². The van der Waals surface area contributed by atoms with Crippen molar-refractivity contribution < 1.29 is 9.84 Å². The second kappa shape index (κ2) is 15.2. The predicted molar refractivity (Wildman–Crippen MR) is 146 cm³/mol. The van der Waals surface area contributed by atoms with Crippen LogP contribution in [0.25, 0.3) is 0 Å². The number of hydrogen-bond acceptors (Lipinski definition) is 8. The van der Waals surface area contributed by atoms with Gasteiger partial charge in [0.05, 0.1) is 6.54 Å². The Morgan fingerprint density at radius 1 is 1.16 bits per heavy atom. The molecule has 10 nitrogen and oxygen atoms in total. The van der Waals surface area contributed by atoms with Crippen molar-refractivity contribution in [3.63, 3.8) is 0 Å². The third-order valence-electron chi connectivity index (χ3n) is 4.76. The lowest BCUT2D eigenvalue weighted by Crippen LogP contribution is -2.43. The van der Waals surface area contributed by atoms with E-state index in [9.17, 15) is 9.59 Å². The van der Waals surface area contributed by atoms with Crippen LogP contribution in [0.4, 0.5) is 11.6 Å². The quantitative estimate of drug-likeness (QED) is 0.352. The topological polar surface area (TPSA) is 124 Å². The molecule has 2 aromatic heterocycles. The maximum absolute atomic E-state index is 13.2. The summed E-state index contributed by atoms with van der Waals surface area (Å²) in [7, 11) is 0. The highest BCUT2D eigenvalue weighted by Crippen LogP contribution is 2.22. The zero-order valence-corrected chi connectivity index (χ0v) is 21.9. The van der Waals surface area contributed by atoms with E-state index in [0.717, 1.165) is 10.1 Å². The maximum atomic E-state index is 13.2. The number of aliphatic hydroxyl groups is 1. The molecular formula is C26H31ClN6O4. The number of ether oxygens (including phenoxy) is 1. The minimum Gasteiger partial charge on any atom is -0.438 e. The number of aromatic nitrogens is 5. The lowest BCUT2D eigenvalue weighted by molar-refractivity contribution is 0.276. The Balaban J connectivity index is 0.00000235. The van der Waals surface area contributed by atoms with E-state index >= 15 is 0 Å². The second-order valence-corrected chi connectivity index (χ2v) is 7.76. The lowest BCUT2D eigenvalue weighted by Gasteiger charge is -2.16. The summed E-state index contributed by atoms with van der Waals surface area (Å²) in [6.07, 6.45) is 6.95. The van der Waals surface area contributed by atoms with Gasteiger partial charge >= 0.3 is 11.4 Å². The molecule has 37 heavy (non-hydrogen) atoms. The van der Waals surface area contributed by atoms with Crippen LogP contribution >= 0.6 is 11.6 Å². The Kier molecular flexibility index (Phi) is 12.0. The first kappa shape index (κ1) is 29.2. The summed E-state index contributed by atoms with van der Waals surface area (Å²) in [4.78, 5) is 29.8. The van der Waals surface area contributed by atoms with Crippen LogP contribution < -0.4 is 21.4 Å². The van der Waals surface area contributed by atoms with Gasteiger partial charge in [-0.2, -0.15) is 10.1 Å². The highest BCUT2D eigenvalue weighted by Gasteiger charge is 2.14. The highest BCUT2D eigenvalue weighted by molar-refractivity contribution is 6.30. The van der Waals surface area contributed by atoms with Crippen LogP contribution in [0.2, 0.25) is 0 Å². The number of nitrogens with one attached hydrogen (secondary N) is 1. The minimum absolute atomic E-state index is 0.0510. The molecule has 0 aliphatic rings. The van der Waals surface area contributed by atoms with E-state index in [-0.39, 0.29) is 32.1 Å². The number of rotatable bonds is 11. The summed E-state index contributed by atoms with van der Waals surface area (Å²) in [5.41, 5.74) is 0.0627. The summed E-state index contributed by atoms with van der Waals surface area (Å²) >= 11 is 5.83. The van der Waals surface area contributed by atoms with Gasteiger partial charge in [0, 0.05) is 36.1 Å². The van der Waals surface area contributed by atoms with E-state index < -0.39 is 11.4 Å². The van der Waals surface area contributed by atoms with E-state index in [1.807, 2.05) is 26.8 Å². The van der Waals surface area contributed by atoms with Gasteiger partial charge in [0.15, 0.2) is 0 Å². The van der Waals surface area contributed by atoms with Crippen LogP contribution in [0.5, 0.6) is 11.6 Å². The maximum Gasteiger partial charge on any atom is 0.354 e. The van der Waals surface area contributed by atoms with Crippen molar-refractivity contribution in [2.75, 3.05) is 11.9 Å². The lowest BCUT2D eigenvalue weighted by atomic mass is 10.2. The van der Waals surface area contributed by atoms with E-state index in [2.05, 4.69) is 27.1 Å². The molecule has 0 saturated heterocycles. The molecule has 0 bridgehead atoms. The predicted octanol–water partition coefficient (Wildman–Crippen LogP) is 4.39. The summed E-state index contributed by atoms with van der Waals surface area (Å²) in [6.45, 7) is 9.46. The average molecular weight is 527 g/mol. The zero-order chi connectivity index (χ0) is 27.2. The number of allylic oxidation sites excluding steroid dienone is 5. The van der Waals surface area contributed by atoms with Crippen molar-refractivity contribution in [3.8, 4) is 11.6 Å². The first-order chi connectivity index (χ1) is 17.9. The highest BCUT2D eigenvalue weighted by atomic mass is 35.5. The number of nitrogens with zero attached hydrogens (tertiary/aromatic N) is 5. The summed E-state index contributed by atoms with van der Waals surface area (Å²) in [5, 5.41) is 20.1. The number of hydrogen-bond donors (Lipinski definition) is 2. The molecule has 0 spiro atoms. The van der Waals surface area contributed by atoms with Crippen molar-refractivity contribution in [2.24, 2.45) is 0 Å². The molecule has 3 aromatic rings. The molecule has 196 valence electrons. The van der Waals surface area contributed by atoms with Gasteiger partial charge in [-0.15, -0.1) is 5.10 Å². The van der Waals surface area contributed by atoms with Gasteiger partial charge < -0.3 is 15.2 Å². The Morgan fingerprint density at radius 2 is 1.89 bits per heavy atom. The van der Waals surface area contributed by atoms with Gasteiger partial charge in [-0.1, -0.05) is 44.2 Å². The molecule has 11 heteroatoms. The van der Waals surface area contributed by atoms with E-state index in [4.69, 9.17) is 21.4 Å². The van der Waals surface area contributed by atoms with Gasteiger partial charge in [0.25, 0.3) is 0 Å². The molecule has 0 saturated carbocycles. The Hall–Kier alpha value is -4.02. The van der Waals surface area contributed by atoms with Gasteiger partial charge in [0.1, 0.15) is 5.75 Å². The van der Waals surface area contributed by atoms with Gasteiger partial charge in [-0.25, -0.2) is 14.2 Å². The summed E-state index contributed by atoms with van der Waals surface area (Å²) < 4.78 is 7.98. The molecule has 0 radical (unpaired) electrons. The normalized spacial score (nSPS) is 11.1. The number of halogens is 1. The average Bonchev–Trinajstić information content (AvgIpc) is 2.91. The molecule has 0 aliphatic heterocycles. The van der Waals surface area contributed by atoms with Crippen molar-refractivity contribution in [1.82, 2.24) is 24.3 Å². The molecule has 0 aliphatic carbocycles. The minimum atomic E-state index is -0.712. The number of anilines is 2. The van der Waals surface area contributed by atoms with Crippen LogP contribution in [0.1, 0.15) is 27.2 Å². The third-order valence-corrected chi connectivity index (χ3v) is 4.89. The molecule has 0 atom stereocenters. The first-order valence-corrected chi connectivity index (χ1v) is 12.1. The Morgan fingerprint density at radius 3 is 2.49 bits per heavy atom. The fourth-order valence-corrected chi connectivity index (χ4v) is 3.07. The van der Waals surface area contributed by atoms with Crippen LogP contribution in [-0.2, 0) is 13.1 Å². The summed E-state index contributed by atoms with van der Waals surface area (Å²) in [6, 6.07) is 10.2. The smallest absolute Gasteiger partial charge is 0.354 e. The van der Waals surface area contributed by atoms with Crippen LogP contribution in [0.3, 0.4) is 0 Å². The first-order valence-electron chi connectivity index (χ1n) is 11.7. The van der Waals surface area contributed by atoms with Crippen molar-refractivity contribution in [1.29, 1.82) is 0 Å². The standard InChI is InChI=1S/C24H25ClN6O4.C2H6/c1-3-18(8-7-17(2)25)16-31-22(28-23(33)30(24(31)34)14-5-15-32)27-19-9-11-20(12-10-19)35-21-6-4-13-26-29-21;1-2/h3-4,6-13,32H,2,5,14-16H2,1H3,(H,27,28,33);1-2H3/b8-7-,18-3+;. The Bertz CT molecular complexity index is 1330. The van der Waals surface area contributed by atoms with Crippen molar-refractivity contribution >= 4 is 23.2 Å². The second-order valence-electron chi connectivity index (χ2n) is 7.27. The number of benzene rings is 1. The van der Waals surface area contributed by atoms with Gasteiger partial charge in [-0.3, -0.25) is 4.57 Å². The summed E-state index contributed by atoms with van der Waals surface area (Å²) in [5.74, 6) is 0.950. The molecule has 2 N–H and O–H groups in total. The zero-order valence-electron chi connectivity index (χ0n) is 21.1. The molecular weight excluding hydrogens is 496 g/mol. The fourth-order valence-electron chi connectivity index (χ4n) is 3.01. The molecule has 0 unspecified atom stereocenters. The number of aliphatic hydroxyl groups excluding tert-OH is 1. The third kappa shape index (κ3) is 8.85. The van der Waals surface area contributed by atoms with Crippen LogP contribution in [0, 0.1) is 0 Å². The molecule has 0 fully saturated rings. The monoisotopic (exact) mass is 526 g/mol. The van der Waals surface area contributed by atoms with Crippen molar-refractivity contribution in [3.05, 3.63) is 99.0 Å². The molecule has 1 aromatic carbocycles. The molecule has 3 rings (SSSR count). The van der Waals surface area contributed by atoms with Crippen LogP contribution in [0.15, 0.2) is 87.6 Å². The largest absolute Gasteiger partial charge is 0.438 e. The van der Waals surface area contributed by atoms with Gasteiger partial charge in [0.2, 0.25) is 11.8 Å². The Labute approximate surface area is 220 Å². The fraction of sp³-hybridized carbons (Fsp3) is 0.269. The van der Waals surface area contributed by atoms with E-state index in [0.29, 0.717) is 22.3 Å². The van der Waals surface area contributed by atoms with Gasteiger partial charge in [-0.05, 0) is 55.3 Å². The SMILES string of the molecule is C=C(Cl)/C=C\C(=C/C)Cn1c(Nc2ccc(Oc3cccnn3)cc2)nc(=O)n(CCCO)c1=O.CC.